The molecule has 2 fully saturated rings. The molecule has 2 saturated heterocycles. The second-order valence-corrected chi connectivity index (χ2v) is 6.08. The van der Waals surface area contributed by atoms with Crippen LogP contribution < -0.4 is 10.6 Å². The Balaban J connectivity index is 1.68. The number of nitrogens with one attached hydrogen (secondary N) is 2. The fourth-order valence-electron chi connectivity index (χ4n) is 3.11. The molecule has 0 amide bonds. The molecule has 2 aliphatic rings. The molecule has 2 N–H and O–H groups in total. The average molecular weight is 255 g/mol. The van der Waals surface area contributed by atoms with Gasteiger partial charge in [0.2, 0.25) is 0 Å². The summed E-state index contributed by atoms with van der Waals surface area (Å²) >= 11 is 0. The van der Waals surface area contributed by atoms with Crippen molar-refractivity contribution >= 4 is 0 Å². The molecule has 18 heavy (non-hydrogen) atoms. The second-order valence-electron chi connectivity index (χ2n) is 6.08. The number of nitrogens with zero attached hydrogens (tertiary/aromatic N) is 1. The summed E-state index contributed by atoms with van der Waals surface area (Å²) in [6.07, 6.45) is 3.72. The molecule has 0 aromatic rings. The van der Waals surface area contributed by atoms with E-state index in [2.05, 4.69) is 36.4 Å². The van der Waals surface area contributed by atoms with Gasteiger partial charge >= 0.3 is 0 Å². The van der Waals surface area contributed by atoms with Crippen molar-refractivity contribution in [2.24, 2.45) is 0 Å². The van der Waals surface area contributed by atoms with Crippen molar-refractivity contribution in [1.82, 2.24) is 15.5 Å². The third-order valence-corrected chi connectivity index (χ3v) is 4.37. The SMILES string of the molecule is CC(CC1COCCN1)NC1CCN(C)C(C)C1. The van der Waals surface area contributed by atoms with E-state index in [4.69, 9.17) is 4.74 Å². The van der Waals surface area contributed by atoms with E-state index in [1.807, 2.05) is 0 Å². The van der Waals surface area contributed by atoms with Gasteiger partial charge in [0.05, 0.1) is 13.2 Å². The van der Waals surface area contributed by atoms with Gasteiger partial charge in [0.25, 0.3) is 0 Å². The highest BCUT2D eigenvalue weighted by Gasteiger charge is 2.24. The number of likely N-dealkylation sites (tertiary alicyclic amines) is 1. The number of rotatable bonds is 4. The second kappa shape index (κ2) is 6.85. The Kier molecular flexibility index (Phi) is 5.42. The van der Waals surface area contributed by atoms with Crippen molar-refractivity contribution in [2.75, 3.05) is 33.4 Å². The molecule has 2 rings (SSSR count). The first-order valence-corrected chi connectivity index (χ1v) is 7.42. The maximum absolute atomic E-state index is 5.51. The molecule has 2 heterocycles. The van der Waals surface area contributed by atoms with Gasteiger partial charge < -0.3 is 20.3 Å². The van der Waals surface area contributed by atoms with Gasteiger partial charge in [-0.2, -0.15) is 0 Å². The van der Waals surface area contributed by atoms with Gasteiger partial charge in [0.15, 0.2) is 0 Å². The molecular formula is C14H29N3O. The zero-order chi connectivity index (χ0) is 13.0. The molecule has 4 atom stereocenters. The van der Waals surface area contributed by atoms with Gasteiger partial charge in [-0.25, -0.2) is 0 Å². The molecule has 0 aromatic heterocycles. The minimum absolute atomic E-state index is 0.532. The maximum Gasteiger partial charge on any atom is 0.0620 e. The van der Waals surface area contributed by atoms with Crippen LogP contribution in [0.2, 0.25) is 0 Å². The van der Waals surface area contributed by atoms with E-state index in [0.29, 0.717) is 24.2 Å². The average Bonchev–Trinajstić information content (AvgIpc) is 2.35. The van der Waals surface area contributed by atoms with E-state index in [9.17, 15) is 0 Å². The summed E-state index contributed by atoms with van der Waals surface area (Å²) in [7, 11) is 2.23. The van der Waals surface area contributed by atoms with Crippen LogP contribution in [0.25, 0.3) is 0 Å². The predicted octanol–water partition coefficient (Wildman–Crippen LogP) is 0.826. The molecular weight excluding hydrogens is 226 g/mol. The van der Waals surface area contributed by atoms with Gasteiger partial charge in [-0.15, -0.1) is 0 Å². The first kappa shape index (κ1) is 14.3. The van der Waals surface area contributed by atoms with E-state index in [-0.39, 0.29) is 0 Å². The monoisotopic (exact) mass is 255 g/mol. The highest BCUT2D eigenvalue weighted by atomic mass is 16.5. The summed E-state index contributed by atoms with van der Waals surface area (Å²) < 4.78 is 5.51. The normalized spacial score (nSPS) is 36.5. The van der Waals surface area contributed by atoms with Crippen LogP contribution in [0, 0.1) is 0 Å². The number of ether oxygens (including phenoxy) is 1. The zero-order valence-electron chi connectivity index (χ0n) is 12.1. The summed E-state index contributed by atoms with van der Waals surface area (Å²) in [6, 6.07) is 2.50. The Bertz CT molecular complexity index is 243. The highest BCUT2D eigenvalue weighted by Crippen LogP contribution is 2.16. The molecule has 2 aliphatic heterocycles. The van der Waals surface area contributed by atoms with Gasteiger partial charge in [-0.1, -0.05) is 0 Å². The predicted molar refractivity (Wildman–Crippen MR) is 74.9 cm³/mol. The third kappa shape index (κ3) is 4.19. The fraction of sp³-hybridized carbons (Fsp3) is 1.00. The van der Waals surface area contributed by atoms with Crippen molar-refractivity contribution in [2.45, 2.75) is 57.3 Å². The lowest BCUT2D eigenvalue weighted by molar-refractivity contribution is 0.0696. The van der Waals surface area contributed by atoms with Crippen LogP contribution in [-0.2, 0) is 4.74 Å². The smallest absolute Gasteiger partial charge is 0.0620 e. The minimum Gasteiger partial charge on any atom is -0.379 e. The van der Waals surface area contributed by atoms with Gasteiger partial charge in [0, 0.05) is 30.7 Å². The minimum atomic E-state index is 0.532. The fourth-order valence-corrected chi connectivity index (χ4v) is 3.11. The Hall–Kier alpha value is -0.160. The Morgan fingerprint density at radius 2 is 2.33 bits per heavy atom. The lowest BCUT2D eigenvalue weighted by atomic mass is 9.97. The Labute approximate surface area is 111 Å². The van der Waals surface area contributed by atoms with E-state index in [1.165, 1.54) is 25.8 Å². The van der Waals surface area contributed by atoms with Crippen molar-refractivity contribution in [1.29, 1.82) is 0 Å². The number of hydrogen-bond acceptors (Lipinski definition) is 4. The summed E-state index contributed by atoms with van der Waals surface area (Å²) in [6.45, 7) is 8.59. The summed E-state index contributed by atoms with van der Waals surface area (Å²) in [5.74, 6) is 0. The van der Waals surface area contributed by atoms with Crippen molar-refractivity contribution < 1.29 is 4.74 Å². The molecule has 0 aromatic carbocycles. The first-order valence-electron chi connectivity index (χ1n) is 7.42. The molecule has 4 unspecified atom stereocenters. The highest BCUT2D eigenvalue weighted by molar-refractivity contribution is 4.84. The topological polar surface area (TPSA) is 36.5 Å². The molecule has 4 nitrogen and oxygen atoms in total. The van der Waals surface area contributed by atoms with Crippen molar-refractivity contribution in [3.8, 4) is 0 Å². The summed E-state index contributed by atoms with van der Waals surface area (Å²) in [5, 5.41) is 7.32. The standard InChI is InChI=1S/C14H29N3O/c1-11(8-14-10-18-7-5-15-14)16-13-4-6-17(3)12(2)9-13/h11-16H,4-10H2,1-3H3. The number of piperidine rings is 1. The largest absolute Gasteiger partial charge is 0.379 e. The first-order chi connectivity index (χ1) is 8.65. The summed E-state index contributed by atoms with van der Waals surface area (Å²) in [4.78, 5) is 2.46. The van der Waals surface area contributed by atoms with Gasteiger partial charge in [-0.05, 0) is 46.7 Å². The van der Waals surface area contributed by atoms with Crippen LogP contribution in [0.15, 0.2) is 0 Å². The number of hydrogen-bond donors (Lipinski definition) is 2. The lowest BCUT2D eigenvalue weighted by Crippen LogP contribution is -2.50. The lowest BCUT2D eigenvalue weighted by Gasteiger charge is -2.37. The zero-order valence-corrected chi connectivity index (χ0v) is 12.1. The van der Waals surface area contributed by atoms with Crippen molar-refractivity contribution in [3.05, 3.63) is 0 Å². The van der Waals surface area contributed by atoms with E-state index < -0.39 is 0 Å². The van der Waals surface area contributed by atoms with Crippen LogP contribution in [0.1, 0.15) is 33.1 Å². The van der Waals surface area contributed by atoms with E-state index in [0.717, 1.165) is 19.8 Å². The maximum atomic E-state index is 5.51. The third-order valence-electron chi connectivity index (χ3n) is 4.37. The molecule has 0 bridgehead atoms. The number of morpholine rings is 1. The van der Waals surface area contributed by atoms with Gasteiger partial charge in [-0.3, -0.25) is 0 Å². The molecule has 0 saturated carbocycles. The van der Waals surface area contributed by atoms with Crippen LogP contribution in [0.4, 0.5) is 0 Å². The van der Waals surface area contributed by atoms with Crippen molar-refractivity contribution in [3.63, 3.8) is 0 Å². The molecule has 106 valence electrons. The Morgan fingerprint density at radius 1 is 1.50 bits per heavy atom. The van der Waals surface area contributed by atoms with Crippen LogP contribution in [0.3, 0.4) is 0 Å². The molecule has 0 aliphatic carbocycles. The Morgan fingerprint density at radius 3 is 3.00 bits per heavy atom. The molecule has 0 radical (unpaired) electrons. The summed E-state index contributed by atoms with van der Waals surface area (Å²) in [5.41, 5.74) is 0. The quantitative estimate of drug-likeness (QED) is 0.780. The van der Waals surface area contributed by atoms with E-state index in [1.54, 1.807) is 0 Å². The van der Waals surface area contributed by atoms with Crippen LogP contribution in [0.5, 0.6) is 0 Å². The van der Waals surface area contributed by atoms with Gasteiger partial charge in [0.1, 0.15) is 0 Å². The van der Waals surface area contributed by atoms with Crippen LogP contribution in [-0.4, -0.2) is 62.4 Å². The molecule has 0 spiro atoms. The van der Waals surface area contributed by atoms with E-state index >= 15 is 0 Å². The molecule has 4 heteroatoms. The van der Waals surface area contributed by atoms with Crippen LogP contribution >= 0.6 is 0 Å².